The molecule has 0 spiro atoms. The van der Waals surface area contributed by atoms with Crippen molar-refractivity contribution in [2.75, 3.05) is 7.11 Å². The second-order valence-corrected chi connectivity index (χ2v) is 6.75. The molecule has 1 amide bonds. The third-order valence-corrected chi connectivity index (χ3v) is 5.21. The first kappa shape index (κ1) is 15.9. The van der Waals surface area contributed by atoms with Gasteiger partial charge in [-0.3, -0.25) is 14.8 Å². The maximum atomic E-state index is 11.6. The first-order chi connectivity index (χ1) is 10.1. The van der Waals surface area contributed by atoms with E-state index in [4.69, 9.17) is 9.94 Å². The van der Waals surface area contributed by atoms with Crippen molar-refractivity contribution in [3.63, 3.8) is 0 Å². The minimum atomic E-state index is -0.412. The van der Waals surface area contributed by atoms with Gasteiger partial charge in [-0.25, -0.2) is 5.48 Å². The number of thioether (sulfide) groups is 1. The highest BCUT2D eigenvalue weighted by molar-refractivity contribution is 8.00. The molecular weight excluding hydrogens is 290 g/mol. The number of benzene rings is 1. The summed E-state index contributed by atoms with van der Waals surface area (Å²) in [5.41, 5.74) is 1.70. The van der Waals surface area contributed by atoms with Gasteiger partial charge in [-0.05, 0) is 37.1 Å². The molecule has 114 valence electrons. The number of rotatable bonds is 5. The van der Waals surface area contributed by atoms with Crippen LogP contribution in [0.3, 0.4) is 0 Å². The summed E-state index contributed by atoms with van der Waals surface area (Å²) in [6.45, 7) is 0. The van der Waals surface area contributed by atoms with E-state index >= 15 is 0 Å². The van der Waals surface area contributed by atoms with Gasteiger partial charge in [-0.2, -0.15) is 0 Å². The summed E-state index contributed by atoms with van der Waals surface area (Å²) in [6, 6.07) is 7.63. The summed E-state index contributed by atoms with van der Waals surface area (Å²) in [5.74, 6) is 0.607. The largest absolute Gasteiger partial charge is 0.497 e. The summed E-state index contributed by atoms with van der Waals surface area (Å²) in [6.07, 6.45) is 2.48. The Bertz CT molecular complexity index is 505. The number of hydrogen-bond acceptors (Lipinski definition) is 5. The van der Waals surface area contributed by atoms with E-state index in [2.05, 4.69) is 0 Å². The number of carbonyl (C=O) groups is 2. The van der Waals surface area contributed by atoms with E-state index in [0.29, 0.717) is 25.7 Å². The third kappa shape index (κ3) is 4.22. The molecule has 0 aliphatic heterocycles. The van der Waals surface area contributed by atoms with Gasteiger partial charge in [0.2, 0.25) is 5.91 Å². The van der Waals surface area contributed by atoms with E-state index in [1.165, 1.54) is 0 Å². The Balaban J connectivity index is 2.14. The summed E-state index contributed by atoms with van der Waals surface area (Å²) in [4.78, 5) is 24.1. The molecule has 0 aromatic heterocycles. The fourth-order valence-corrected chi connectivity index (χ4v) is 3.91. The van der Waals surface area contributed by atoms with Crippen molar-refractivity contribution in [2.45, 2.75) is 41.7 Å². The molecule has 0 unspecified atom stereocenters. The van der Waals surface area contributed by atoms with E-state index in [-0.39, 0.29) is 17.0 Å². The minimum absolute atomic E-state index is 0.202. The Morgan fingerprint density at radius 3 is 2.48 bits per heavy atom. The van der Waals surface area contributed by atoms with Crippen LogP contribution in [0, 0.1) is 0 Å². The molecule has 2 N–H and O–H groups in total. The second-order valence-electron chi connectivity index (χ2n) is 5.21. The standard InChI is InChI=1S/C15H19NO4S/c1-20-12-2-4-13(5-3-12)21-15(10-14(18)16-19)8-6-11(17)7-9-15/h2-5,19H,6-10H2,1H3,(H,16,18). The fourth-order valence-electron chi connectivity index (χ4n) is 2.53. The predicted molar refractivity (Wildman–Crippen MR) is 79.6 cm³/mol. The quantitative estimate of drug-likeness (QED) is 0.646. The van der Waals surface area contributed by atoms with Gasteiger partial charge in [0.15, 0.2) is 0 Å². The van der Waals surface area contributed by atoms with Crippen LogP contribution in [-0.2, 0) is 9.59 Å². The molecule has 1 saturated carbocycles. The molecule has 1 aliphatic carbocycles. The lowest BCUT2D eigenvalue weighted by atomic mass is 9.85. The molecular formula is C15H19NO4S. The fraction of sp³-hybridized carbons (Fsp3) is 0.467. The lowest BCUT2D eigenvalue weighted by Crippen LogP contribution is -2.36. The van der Waals surface area contributed by atoms with Crippen molar-refractivity contribution >= 4 is 23.5 Å². The van der Waals surface area contributed by atoms with Crippen molar-refractivity contribution in [2.24, 2.45) is 0 Å². The summed E-state index contributed by atoms with van der Waals surface area (Å²) >= 11 is 1.60. The number of Topliss-reactive ketones (excluding diaryl/α,β-unsaturated/α-hetero) is 1. The number of carbonyl (C=O) groups excluding carboxylic acids is 2. The van der Waals surface area contributed by atoms with Crippen molar-refractivity contribution in [1.82, 2.24) is 5.48 Å². The second kappa shape index (κ2) is 6.95. The lowest BCUT2D eigenvalue weighted by molar-refractivity contribution is -0.130. The van der Waals surface area contributed by atoms with E-state index in [1.807, 2.05) is 24.3 Å². The molecule has 2 rings (SSSR count). The monoisotopic (exact) mass is 309 g/mol. The highest BCUT2D eigenvalue weighted by atomic mass is 32.2. The van der Waals surface area contributed by atoms with Crippen LogP contribution in [0.2, 0.25) is 0 Å². The smallest absolute Gasteiger partial charge is 0.244 e. The first-order valence-corrected chi connectivity index (χ1v) is 7.66. The molecule has 21 heavy (non-hydrogen) atoms. The highest BCUT2D eigenvalue weighted by Gasteiger charge is 2.37. The van der Waals surface area contributed by atoms with Gasteiger partial charge in [0.05, 0.1) is 7.11 Å². The normalized spacial score (nSPS) is 17.3. The number of hydrogen-bond donors (Lipinski definition) is 2. The molecule has 0 heterocycles. The van der Waals surface area contributed by atoms with Gasteiger partial charge in [-0.1, -0.05) is 0 Å². The van der Waals surface area contributed by atoms with Gasteiger partial charge in [0.25, 0.3) is 0 Å². The van der Waals surface area contributed by atoms with E-state index < -0.39 is 5.91 Å². The van der Waals surface area contributed by atoms with Crippen LogP contribution in [0.1, 0.15) is 32.1 Å². The SMILES string of the molecule is COc1ccc(SC2(CC(=O)NO)CCC(=O)CC2)cc1. The van der Waals surface area contributed by atoms with Crippen LogP contribution >= 0.6 is 11.8 Å². The summed E-state index contributed by atoms with van der Waals surface area (Å²) in [7, 11) is 1.61. The van der Waals surface area contributed by atoms with Gasteiger partial charge in [0.1, 0.15) is 11.5 Å². The number of ether oxygens (including phenoxy) is 1. The van der Waals surface area contributed by atoms with Crippen LogP contribution in [0.5, 0.6) is 5.75 Å². The van der Waals surface area contributed by atoms with Crippen molar-refractivity contribution < 1.29 is 19.5 Å². The van der Waals surface area contributed by atoms with Crippen LogP contribution in [0.15, 0.2) is 29.2 Å². The van der Waals surface area contributed by atoms with Gasteiger partial charge in [0, 0.05) is 28.9 Å². The molecule has 1 aromatic rings. The van der Waals surface area contributed by atoms with Crippen molar-refractivity contribution in [3.8, 4) is 5.75 Å². The average Bonchev–Trinajstić information content (AvgIpc) is 2.51. The van der Waals surface area contributed by atoms with Crippen LogP contribution in [0.4, 0.5) is 0 Å². The molecule has 0 atom stereocenters. The molecule has 0 radical (unpaired) electrons. The molecule has 1 aromatic carbocycles. The maximum Gasteiger partial charge on any atom is 0.244 e. The summed E-state index contributed by atoms with van der Waals surface area (Å²) in [5, 5.41) is 8.77. The van der Waals surface area contributed by atoms with Crippen molar-refractivity contribution in [1.29, 1.82) is 0 Å². The number of hydroxylamine groups is 1. The average molecular weight is 309 g/mol. The van der Waals surface area contributed by atoms with E-state index in [1.54, 1.807) is 24.4 Å². The number of ketones is 1. The molecule has 5 nitrogen and oxygen atoms in total. The zero-order valence-corrected chi connectivity index (χ0v) is 12.7. The van der Waals surface area contributed by atoms with Gasteiger partial charge in [-0.15, -0.1) is 11.8 Å². The Kier molecular flexibility index (Phi) is 5.25. The zero-order valence-electron chi connectivity index (χ0n) is 11.9. The Hall–Kier alpha value is -1.53. The van der Waals surface area contributed by atoms with E-state index in [0.717, 1.165) is 10.6 Å². The maximum absolute atomic E-state index is 11.6. The molecule has 1 aliphatic rings. The topological polar surface area (TPSA) is 75.6 Å². The van der Waals surface area contributed by atoms with Crippen LogP contribution in [0.25, 0.3) is 0 Å². The van der Waals surface area contributed by atoms with Gasteiger partial charge >= 0.3 is 0 Å². The number of nitrogens with one attached hydrogen (secondary N) is 1. The van der Waals surface area contributed by atoms with Gasteiger partial charge < -0.3 is 4.74 Å². The summed E-state index contributed by atoms with van der Waals surface area (Å²) < 4.78 is 4.79. The number of amides is 1. The minimum Gasteiger partial charge on any atom is -0.497 e. The number of methoxy groups -OCH3 is 1. The first-order valence-electron chi connectivity index (χ1n) is 6.85. The zero-order chi connectivity index (χ0) is 15.3. The highest BCUT2D eigenvalue weighted by Crippen LogP contribution is 2.45. The van der Waals surface area contributed by atoms with Crippen molar-refractivity contribution in [3.05, 3.63) is 24.3 Å². The Morgan fingerprint density at radius 1 is 1.33 bits per heavy atom. The van der Waals surface area contributed by atoms with E-state index in [9.17, 15) is 9.59 Å². The lowest BCUT2D eigenvalue weighted by Gasteiger charge is -2.35. The third-order valence-electron chi connectivity index (χ3n) is 3.72. The molecule has 6 heteroatoms. The van der Waals surface area contributed by atoms with Crippen LogP contribution < -0.4 is 10.2 Å². The molecule has 1 fully saturated rings. The Labute approximate surface area is 128 Å². The Morgan fingerprint density at radius 2 is 1.95 bits per heavy atom. The molecule has 0 bridgehead atoms. The van der Waals surface area contributed by atoms with Crippen LogP contribution in [-0.4, -0.2) is 28.8 Å². The molecule has 0 saturated heterocycles. The predicted octanol–water partition coefficient (Wildman–Crippen LogP) is 2.56.